The van der Waals surface area contributed by atoms with Crippen molar-refractivity contribution in [1.82, 2.24) is 0 Å². The van der Waals surface area contributed by atoms with Gasteiger partial charge in [0.2, 0.25) is 0 Å². The van der Waals surface area contributed by atoms with Crippen LogP contribution in [0.5, 0.6) is 11.5 Å². The first-order chi connectivity index (χ1) is 9.63. The molecule has 1 aromatic rings. The number of benzene rings is 1. The number of carboxylic acids is 1. The molecule has 0 saturated carbocycles. The van der Waals surface area contributed by atoms with Crippen molar-refractivity contribution in [2.24, 2.45) is 0 Å². The molecule has 4 heteroatoms. The highest BCUT2D eigenvalue weighted by molar-refractivity contribution is 5.76. The molecule has 0 amide bonds. The molecule has 0 spiro atoms. The van der Waals surface area contributed by atoms with Gasteiger partial charge in [0.15, 0.2) is 11.5 Å². The van der Waals surface area contributed by atoms with Crippen LogP contribution >= 0.6 is 0 Å². The number of hydrogen-bond acceptors (Lipinski definition) is 3. The van der Waals surface area contributed by atoms with Gasteiger partial charge in [-0.3, -0.25) is 4.79 Å². The predicted molar refractivity (Wildman–Crippen MR) is 78.7 cm³/mol. The first-order valence-corrected chi connectivity index (χ1v) is 7.26. The van der Waals surface area contributed by atoms with Crippen LogP contribution in [-0.2, 0) is 4.79 Å². The van der Waals surface area contributed by atoms with E-state index in [-0.39, 0.29) is 0 Å². The summed E-state index contributed by atoms with van der Waals surface area (Å²) in [6.07, 6.45) is 2.53. The lowest BCUT2D eigenvalue weighted by Crippen LogP contribution is -2.12. The lowest BCUT2D eigenvalue weighted by molar-refractivity contribution is -0.139. The van der Waals surface area contributed by atoms with Crippen molar-refractivity contribution in [3.8, 4) is 11.5 Å². The van der Waals surface area contributed by atoms with Gasteiger partial charge >= 0.3 is 5.97 Å². The zero-order valence-electron chi connectivity index (χ0n) is 12.5. The summed E-state index contributed by atoms with van der Waals surface area (Å²) in [5.41, 5.74) is 0.776. The third-order valence-corrected chi connectivity index (χ3v) is 3.11. The molecular formula is C16H24O4. The molecule has 112 valence electrons. The van der Waals surface area contributed by atoms with Gasteiger partial charge in [0.25, 0.3) is 0 Å². The molecule has 1 aromatic carbocycles. The van der Waals surface area contributed by atoms with Crippen molar-refractivity contribution in [1.29, 1.82) is 0 Å². The number of carboxylic acid groups (broad SMARTS) is 1. The molecule has 0 bridgehead atoms. The molecule has 0 fully saturated rings. The van der Waals surface area contributed by atoms with Gasteiger partial charge in [0, 0.05) is 0 Å². The van der Waals surface area contributed by atoms with E-state index >= 15 is 0 Å². The maximum absolute atomic E-state index is 11.4. The molecule has 4 nitrogen and oxygen atoms in total. The summed E-state index contributed by atoms with van der Waals surface area (Å²) in [5, 5.41) is 9.37. The SMILES string of the molecule is CCCCC(C(=O)O)c1ccc(OCC)c(OCC)c1. The fourth-order valence-corrected chi connectivity index (χ4v) is 2.13. The Balaban J connectivity index is 3.03. The second kappa shape index (κ2) is 8.46. The van der Waals surface area contributed by atoms with Gasteiger partial charge in [-0.1, -0.05) is 25.8 Å². The zero-order chi connectivity index (χ0) is 15.0. The normalized spacial score (nSPS) is 11.9. The average Bonchev–Trinajstić information content (AvgIpc) is 2.42. The summed E-state index contributed by atoms with van der Waals surface area (Å²) in [6, 6.07) is 5.41. The standard InChI is InChI=1S/C16H24O4/c1-4-7-8-13(16(17)18)12-9-10-14(19-5-2)15(11-12)20-6-3/h9-11,13H,4-8H2,1-3H3,(H,17,18). The maximum Gasteiger partial charge on any atom is 0.310 e. The topological polar surface area (TPSA) is 55.8 Å². The Morgan fingerprint density at radius 3 is 2.35 bits per heavy atom. The monoisotopic (exact) mass is 280 g/mol. The molecule has 0 aromatic heterocycles. The van der Waals surface area contributed by atoms with E-state index in [2.05, 4.69) is 6.92 Å². The molecule has 0 aliphatic rings. The van der Waals surface area contributed by atoms with Crippen molar-refractivity contribution in [3.63, 3.8) is 0 Å². The van der Waals surface area contributed by atoms with Crippen LogP contribution < -0.4 is 9.47 Å². The lowest BCUT2D eigenvalue weighted by Gasteiger charge is -2.16. The van der Waals surface area contributed by atoms with Crippen LogP contribution in [0.2, 0.25) is 0 Å². The second-order valence-corrected chi connectivity index (χ2v) is 4.61. The summed E-state index contributed by atoms with van der Waals surface area (Å²) in [7, 11) is 0. The van der Waals surface area contributed by atoms with E-state index in [0.29, 0.717) is 31.1 Å². The number of aliphatic carboxylic acids is 1. The molecular weight excluding hydrogens is 256 g/mol. The van der Waals surface area contributed by atoms with Gasteiger partial charge in [-0.15, -0.1) is 0 Å². The Morgan fingerprint density at radius 2 is 1.80 bits per heavy atom. The number of hydrogen-bond donors (Lipinski definition) is 1. The van der Waals surface area contributed by atoms with Gasteiger partial charge in [0.1, 0.15) is 0 Å². The summed E-state index contributed by atoms with van der Waals surface area (Å²) >= 11 is 0. The third kappa shape index (κ3) is 4.44. The van der Waals surface area contributed by atoms with E-state index in [4.69, 9.17) is 9.47 Å². The van der Waals surface area contributed by atoms with Crippen molar-refractivity contribution in [2.75, 3.05) is 13.2 Å². The van der Waals surface area contributed by atoms with Crippen LogP contribution in [0.1, 0.15) is 51.5 Å². The minimum Gasteiger partial charge on any atom is -0.490 e. The van der Waals surface area contributed by atoms with Gasteiger partial charge in [0.05, 0.1) is 19.1 Å². The van der Waals surface area contributed by atoms with E-state index in [1.807, 2.05) is 19.9 Å². The zero-order valence-corrected chi connectivity index (χ0v) is 12.5. The highest BCUT2D eigenvalue weighted by atomic mass is 16.5. The molecule has 1 N–H and O–H groups in total. The van der Waals surface area contributed by atoms with Gasteiger partial charge in [-0.25, -0.2) is 0 Å². The van der Waals surface area contributed by atoms with Crippen molar-refractivity contribution < 1.29 is 19.4 Å². The van der Waals surface area contributed by atoms with Crippen LogP contribution in [0.4, 0.5) is 0 Å². The molecule has 20 heavy (non-hydrogen) atoms. The number of unbranched alkanes of at least 4 members (excludes halogenated alkanes) is 1. The largest absolute Gasteiger partial charge is 0.490 e. The van der Waals surface area contributed by atoms with Crippen LogP contribution in [0.15, 0.2) is 18.2 Å². The molecule has 0 aliphatic carbocycles. The third-order valence-electron chi connectivity index (χ3n) is 3.11. The summed E-state index contributed by atoms with van der Waals surface area (Å²) in [6.45, 7) is 6.94. The quantitative estimate of drug-likeness (QED) is 0.746. The van der Waals surface area contributed by atoms with Crippen LogP contribution in [-0.4, -0.2) is 24.3 Å². The van der Waals surface area contributed by atoms with Crippen LogP contribution in [0, 0.1) is 0 Å². The molecule has 0 saturated heterocycles. The Bertz CT molecular complexity index is 428. The smallest absolute Gasteiger partial charge is 0.310 e. The van der Waals surface area contributed by atoms with Crippen LogP contribution in [0.3, 0.4) is 0 Å². The number of ether oxygens (including phenoxy) is 2. The predicted octanol–water partition coefficient (Wildman–Crippen LogP) is 3.84. The Kier molecular flexibility index (Phi) is 6.91. The average molecular weight is 280 g/mol. The van der Waals surface area contributed by atoms with Crippen molar-refractivity contribution in [3.05, 3.63) is 23.8 Å². The molecule has 1 rings (SSSR count). The maximum atomic E-state index is 11.4. The van der Waals surface area contributed by atoms with Crippen molar-refractivity contribution >= 4 is 5.97 Å². The minimum atomic E-state index is -0.787. The van der Waals surface area contributed by atoms with E-state index in [1.54, 1.807) is 12.1 Å². The van der Waals surface area contributed by atoms with Crippen LogP contribution in [0.25, 0.3) is 0 Å². The van der Waals surface area contributed by atoms with E-state index in [0.717, 1.165) is 18.4 Å². The highest BCUT2D eigenvalue weighted by Crippen LogP contribution is 2.33. The molecule has 1 atom stereocenters. The van der Waals surface area contributed by atoms with Crippen molar-refractivity contribution in [2.45, 2.75) is 46.0 Å². The minimum absolute atomic E-state index is 0.482. The molecule has 1 unspecified atom stereocenters. The Hall–Kier alpha value is -1.71. The Labute approximate surface area is 120 Å². The summed E-state index contributed by atoms with van der Waals surface area (Å²) < 4.78 is 11.0. The lowest BCUT2D eigenvalue weighted by atomic mass is 9.93. The highest BCUT2D eigenvalue weighted by Gasteiger charge is 2.21. The number of rotatable bonds is 9. The molecule has 0 aliphatic heterocycles. The van der Waals surface area contributed by atoms with Gasteiger partial charge < -0.3 is 14.6 Å². The second-order valence-electron chi connectivity index (χ2n) is 4.61. The number of carbonyl (C=O) groups is 1. The Morgan fingerprint density at radius 1 is 1.15 bits per heavy atom. The first kappa shape index (κ1) is 16.3. The first-order valence-electron chi connectivity index (χ1n) is 7.26. The summed E-state index contributed by atoms with van der Waals surface area (Å²) in [4.78, 5) is 11.4. The fraction of sp³-hybridized carbons (Fsp3) is 0.562. The molecule has 0 radical (unpaired) electrons. The van der Waals surface area contributed by atoms with Gasteiger partial charge in [-0.2, -0.15) is 0 Å². The fourth-order valence-electron chi connectivity index (χ4n) is 2.13. The van der Waals surface area contributed by atoms with E-state index < -0.39 is 11.9 Å². The van der Waals surface area contributed by atoms with E-state index in [9.17, 15) is 9.90 Å². The molecule has 0 heterocycles. The van der Waals surface area contributed by atoms with E-state index in [1.165, 1.54) is 0 Å². The summed E-state index contributed by atoms with van der Waals surface area (Å²) in [5.74, 6) is 0.0159. The van der Waals surface area contributed by atoms with Gasteiger partial charge in [-0.05, 0) is 38.0 Å².